The zero-order valence-electron chi connectivity index (χ0n) is 16.8. The first-order valence-corrected chi connectivity index (χ1v) is 11.0. The van der Waals surface area contributed by atoms with Gasteiger partial charge in [0.05, 0.1) is 16.8 Å². The molecule has 1 aromatic heterocycles. The third kappa shape index (κ3) is 3.82. The molecule has 0 aliphatic carbocycles. The molecule has 7 heteroatoms. The van der Waals surface area contributed by atoms with Crippen LogP contribution < -0.4 is 9.64 Å². The van der Waals surface area contributed by atoms with Crippen LogP contribution in [0.2, 0.25) is 0 Å². The molecule has 3 heterocycles. The lowest BCUT2D eigenvalue weighted by atomic mass is 10.0. The number of hydrogen-bond acceptors (Lipinski definition) is 6. The van der Waals surface area contributed by atoms with Crippen LogP contribution in [0.1, 0.15) is 20.8 Å². The molecule has 2 aliphatic heterocycles. The van der Waals surface area contributed by atoms with Crippen molar-refractivity contribution in [1.29, 1.82) is 0 Å². The van der Waals surface area contributed by atoms with Crippen LogP contribution in [-0.4, -0.2) is 42.0 Å². The Hall–Kier alpha value is -3.16. The van der Waals surface area contributed by atoms with Crippen molar-refractivity contribution in [3.05, 3.63) is 81.5 Å². The summed E-state index contributed by atoms with van der Waals surface area (Å²) < 4.78 is 20.0. The summed E-state index contributed by atoms with van der Waals surface area (Å²) in [5.41, 5.74) is 1.70. The van der Waals surface area contributed by atoms with Crippen molar-refractivity contribution in [3.8, 4) is 11.5 Å². The van der Waals surface area contributed by atoms with Crippen molar-refractivity contribution < 1.29 is 19.0 Å². The number of phenolic OH excluding ortho intramolecular Hbond substituents is 1. The van der Waals surface area contributed by atoms with Crippen LogP contribution in [0.25, 0.3) is 6.08 Å². The first kappa shape index (κ1) is 19.8. The number of fused-ring (bicyclic) bond motifs is 1. The first-order chi connectivity index (χ1) is 15.1. The molecule has 31 heavy (non-hydrogen) atoms. The number of Topliss-reactive ketones (excluding diaryl/α,β-unsaturated/α-hetero) is 1. The number of ether oxygens (including phenoxy) is 1. The maximum atomic E-state index is 14.1. The second-order valence-corrected chi connectivity index (χ2v) is 8.59. The maximum Gasteiger partial charge on any atom is 0.232 e. The molecule has 2 aromatic carbocycles. The number of ketones is 1. The lowest BCUT2D eigenvalue weighted by Crippen LogP contribution is -2.46. The SMILES string of the molecule is O=C1/C(=C/c2cccs2)Oc2c1ccc(O)c2CN1CCN(c2ccccc2F)CC1. The number of nitrogens with zero attached hydrogens (tertiary/aromatic N) is 2. The molecule has 0 bridgehead atoms. The third-order valence-electron chi connectivity index (χ3n) is 5.68. The van der Waals surface area contributed by atoms with Crippen molar-refractivity contribution in [2.45, 2.75) is 6.54 Å². The van der Waals surface area contributed by atoms with E-state index >= 15 is 0 Å². The summed E-state index contributed by atoms with van der Waals surface area (Å²) in [7, 11) is 0. The predicted molar refractivity (Wildman–Crippen MR) is 119 cm³/mol. The topological polar surface area (TPSA) is 53.0 Å². The van der Waals surface area contributed by atoms with E-state index in [0.717, 1.165) is 4.88 Å². The second-order valence-electron chi connectivity index (χ2n) is 7.61. The molecule has 2 aliphatic rings. The number of para-hydroxylation sites is 1. The van der Waals surface area contributed by atoms with Crippen LogP contribution >= 0.6 is 11.3 Å². The minimum atomic E-state index is -0.216. The summed E-state index contributed by atoms with van der Waals surface area (Å²) in [4.78, 5) is 17.9. The largest absolute Gasteiger partial charge is 0.507 e. The third-order valence-corrected chi connectivity index (χ3v) is 6.50. The molecule has 1 N–H and O–H groups in total. The fraction of sp³-hybridized carbons (Fsp3) is 0.208. The number of anilines is 1. The Kier molecular flexibility index (Phi) is 5.21. The number of allylic oxidation sites excluding steroid dienone is 1. The van der Waals surface area contributed by atoms with E-state index in [2.05, 4.69) is 4.90 Å². The quantitative estimate of drug-likeness (QED) is 0.609. The number of rotatable bonds is 4. The molecule has 0 saturated carbocycles. The lowest BCUT2D eigenvalue weighted by Gasteiger charge is -2.36. The Morgan fingerprint density at radius 2 is 1.87 bits per heavy atom. The van der Waals surface area contributed by atoms with Crippen LogP contribution in [0.5, 0.6) is 11.5 Å². The fourth-order valence-electron chi connectivity index (χ4n) is 4.03. The van der Waals surface area contributed by atoms with Gasteiger partial charge in [0.25, 0.3) is 0 Å². The molecule has 0 atom stereocenters. The fourth-order valence-corrected chi connectivity index (χ4v) is 4.68. The number of phenols is 1. The maximum absolute atomic E-state index is 14.1. The van der Waals surface area contributed by atoms with E-state index in [9.17, 15) is 14.3 Å². The lowest BCUT2D eigenvalue weighted by molar-refractivity contribution is 0.101. The normalized spacial score (nSPS) is 17.8. The molecular formula is C24H21FN2O3S. The smallest absolute Gasteiger partial charge is 0.232 e. The highest BCUT2D eigenvalue weighted by molar-refractivity contribution is 7.10. The van der Waals surface area contributed by atoms with Crippen molar-refractivity contribution >= 4 is 28.9 Å². The van der Waals surface area contributed by atoms with Crippen molar-refractivity contribution in [2.75, 3.05) is 31.1 Å². The van der Waals surface area contributed by atoms with Gasteiger partial charge in [-0.15, -0.1) is 11.3 Å². The number of piperazine rings is 1. The van der Waals surface area contributed by atoms with Crippen LogP contribution in [0, 0.1) is 5.82 Å². The van der Waals surface area contributed by atoms with E-state index in [4.69, 9.17) is 4.74 Å². The monoisotopic (exact) mass is 436 g/mol. The van der Waals surface area contributed by atoms with E-state index in [0.29, 0.717) is 55.3 Å². The number of hydrogen-bond donors (Lipinski definition) is 1. The summed E-state index contributed by atoms with van der Waals surface area (Å²) in [6.45, 7) is 3.24. The first-order valence-electron chi connectivity index (χ1n) is 10.1. The summed E-state index contributed by atoms with van der Waals surface area (Å²) in [6.07, 6.45) is 1.74. The predicted octanol–water partition coefficient (Wildman–Crippen LogP) is 4.53. The van der Waals surface area contributed by atoms with Gasteiger partial charge in [0.15, 0.2) is 5.76 Å². The van der Waals surface area contributed by atoms with Crippen molar-refractivity contribution in [2.24, 2.45) is 0 Å². The molecule has 3 aromatic rings. The number of thiophene rings is 1. The molecule has 0 amide bonds. The van der Waals surface area contributed by atoms with Crippen molar-refractivity contribution in [1.82, 2.24) is 4.90 Å². The Morgan fingerprint density at radius 1 is 1.06 bits per heavy atom. The highest BCUT2D eigenvalue weighted by atomic mass is 32.1. The van der Waals surface area contributed by atoms with E-state index in [-0.39, 0.29) is 23.1 Å². The van der Waals surface area contributed by atoms with Gasteiger partial charge in [-0.1, -0.05) is 18.2 Å². The van der Waals surface area contributed by atoms with Crippen LogP contribution in [0.3, 0.4) is 0 Å². The Bertz CT molecular complexity index is 1150. The van der Waals surface area contributed by atoms with Crippen LogP contribution in [0.15, 0.2) is 59.7 Å². The van der Waals surface area contributed by atoms with E-state index in [1.807, 2.05) is 28.5 Å². The molecule has 0 spiro atoms. The zero-order valence-corrected chi connectivity index (χ0v) is 17.6. The standard InChI is InChI=1S/C24H21FN2O3S/c25-19-5-1-2-6-20(19)27-11-9-26(10-12-27)15-18-21(28)8-7-17-23(29)22(30-24(17)18)14-16-4-3-13-31-16/h1-8,13-14,28H,9-12,15H2/b22-14-. The second kappa shape index (κ2) is 8.17. The number of aromatic hydroxyl groups is 1. The number of carbonyl (C=O) groups excluding carboxylic acids is 1. The summed E-state index contributed by atoms with van der Waals surface area (Å²) >= 11 is 1.53. The van der Waals surface area contributed by atoms with Crippen LogP contribution in [0.4, 0.5) is 10.1 Å². The average molecular weight is 437 g/mol. The zero-order chi connectivity index (χ0) is 21.4. The molecule has 1 saturated heterocycles. The average Bonchev–Trinajstić information content (AvgIpc) is 3.40. The highest BCUT2D eigenvalue weighted by Crippen LogP contribution is 2.40. The molecule has 158 valence electrons. The number of halogens is 1. The molecule has 0 radical (unpaired) electrons. The summed E-state index contributed by atoms with van der Waals surface area (Å²) in [5.74, 6) is 0.430. The van der Waals surface area contributed by atoms with Gasteiger partial charge < -0.3 is 14.7 Å². The Morgan fingerprint density at radius 3 is 2.61 bits per heavy atom. The van der Waals surface area contributed by atoms with Gasteiger partial charge >= 0.3 is 0 Å². The molecular weight excluding hydrogens is 415 g/mol. The highest BCUT2D eigenvalue weighted by Gasteiger charge is 2.32. The summed E-state index contributed by atoms with van der Waals surface area (Å²) in [6, 6.07) is 13.8. The summed E-state index contributed by atoms with van der Waals surface area (Å²) in [5, 5.41) is 12.4. The van der Waals surface area contributed by atoms with E-state index in [1.54, 1.807) is 30.3 Å². The number of carbonyl (C=O) groups is 1. The van der Waals surface area contributed by atoms with Crippen molar-refractivity contribution in [3.63, 3.8) is 0 Å². The van der Waals surface area contributed by atoms with E-state index in [1.165, 1.54) is 17.4 Å². The number of benzene rings is 2. The van der Waals surface area contributed by atoms with Crippen LogP contribution in [-0.2, 0) is 6.54 Å². The molecule has 5 nitrogen and oxygen atoms in total. The minimum Gasteiger partial charge on any atom is -0.507 e. The van der Waals surface area contributed by atoms with Gasteiger partial charge in [0.1, 0.15) is 17.3 Å². The minimum absolute atomic E-state index is 0.112. The van der Waals surface area contributed by atoms with E-state index < -0.39 is 0 Å². The van der Waals surface area contributed by atoms with Gasteiger partial charge in [0, 0.05) is 43.7 Å². The Labute approximate surface area is 183 Å². The molecule has 1 fully saturated rings. The van der Waals surface area contributed by atoms with Gasteiger partial charge in [-0.25, -0.2) is 4.39 Å². The molecule has 0 unspecified atom stereocenters. The van der Waals surface area contributed by atoms with Gasteiger partial charge in [-0.05, 0) is 35.7 Å². The van der Waals surface area contributed by atoms with Gasteiger partial charge in [0.2, 0.25) is 5.78 Å². The Balaban J connectivity index is 1.33. The van der Waals surface area contributed by atoms with Gasteiger partial charge in [-0.2, -0.15) is 0 Å². The molecule has 5 rings (SSSR count). The van der Waals surface area contributed by atoms with Gasteiger partial charge in [-0.3, -0.25) is 9.69 Å².